The molecule has 1 aliphatic heterocycles. The lowest BCUT2D eigenvalue weighted by molar-refractivity contribution is 0.0775. The molecule has 1 saturated heterocycles. The van der Waals surface area contributed by atoms with Crippen molar-refractivity contribution in [3.05, 3.63) is 54.0 Å². The number of sulfonamides is 1. The number of hydrogen-bond acceptors (Lipinski definition) is 4. The molecule has 6 nitrogen and oxygen atoms in total. The molecule has 2 heterocycles. The van der Waals surface area contributed by atoms with E-state index in [1.54, 1.807) is 37.6 Å². The SMILES string of the molecule is CC1CCN(S(=O)(=O)c2ccc(C(=O)N(C)Cc3ccco3)cc2)CC1. The zero-order chi connectivity index (χ0) is 18.7. The van der Waals surface area contributed by atoms with E-state index < -0.39 is 10.0 Å². The first-order valence-corrected chi connectivity index (χ1v) is 10.2. The lowest BCUT2D eigenvalue weighted by Crippen LogP contribution is -2.37. The first-order valence-electron chi connectivity index (χ1n) is 8.76. The van der Waals surface area contributed by atoms with Gasteiger partial charge in [0.25, 0.3) is 5.91 Å². The van der Waals surface area contributed by atoms with Crippen LogP contribution in [0.1, 0.15) is 35.9 Å². The van der Waals surface area contributed by atoms with Gasteiger partial charge in [0.1, 0.15) is 5.76 Å². The molecule has 1 aliphatic rings. The van der Waals surface area contributed by atoms with Crippen LogP contribution in [-0.2, 0) is 16.6 Å². The average Bonchev–Trinajstić information content (AvgIpc) is 3.14. The van der Waals surface area contributed by atoms with E-state index in [-0.39, 0.29) is 10.8 Å². The molecule has 0 bridgehead atoms. The van der Waals surface area contributed by atoms with E-state index in [0.29, 0.717) is 36.9 Å². The highest BCUT2D eigenvalue weighted by molar-refractivity contribution is 7.89. The Kier molecular flexibility index (Phi) is 5.48. The van der Waals surface area contributed by atoms with Crippen LogP contribution in [0.2, 0.25) is 0 Å². The number of amides is 1. The number of rotatable bonds is 5. The summed E-state index contributed by atoms with van der Waals surface area (Å²) >= 11 is 0. The molecule has 0 radical (unpaired) electrons. The second-order valence-corrected chi connectivity index (χ2v) is 8.79. The molecule has 7 heteroatoms. The van der Waals surface area contributed by atoms with Crippen molar-refractivity contribution in [2.24, 2.45) is 5.92 Å². The fourth-order valence-corrected chi connectivity index (χ4v) is 4.54. The van der Waals surface area contributed by atoms with Gasteiger partial charge in [-0.3, -0.25) is 4.79 Å². The molecule has 0 aliphatic carbocycles. The van der Waals surface area contributed by atoms with Gasteiger partial charge in [0.05, 0.1) is 17.7 Å². The van der Waals surface area contributed by atoms with Gasteiger partial charge in [-0.1, -0.05) is 6.92 Å². The van der Waals surface area contributed by atoms with E-state index in [0.717, 1.165) is 12.8 Å². The molecule has 0 saturated carbocycles. The zero-order valence-corrected chi connectivity index (χ0v) is 15.9. The Morgan fingerprint density at radius 1 is 1.19 bits per heavy atom. The van der Waals surface area contributed by atoms with Crippen molar-refractivity contribution < 1.29 is 17.6 Å². The van der Waals surface area contributed by atoms with Crippen molar-refractivity contribution in [2.75, 3.05) is 20.1 Å². The predicted molar refractivity (Wildman–Crippen MR) is 98.1 cm³/mol. The maximum Gasteiger partial charge on any atom is 0.254 e. The van der Waals surface area contributed by atoms with Crippen LogP contribution in [0, 0.1) is 5.92 Å². The fourth-order valence-electron chi connectivity index (χ4n) is 3.07. The van der Waals surface area contributed by atoms with Crippen LogP contribution < -0.4 is 0 Å². The van der Waals surface area contributed by atoms with Gasteiger partial charge >= 0.3 is 0 Å². The van der Waals surface area contributed by atoms with Gasteiger partial charge in [0, 0.05) is 25.7 Å². The minimum absolute atomic E-state index is 0.183. The molecule has 2 aromatic rings. The third-order valence-corrected chi connectivity index (χ3v) is 6.71. The molecular weight excluding hydrogens is 352 g/mol. The second-order valence-electron chi connectivity index (χ2n) is 6.85. The van der Waals surface area contributed by atoms with Gasteiger partial charge in [-0.05, 0) is 55.2 Å². The van der Waals surface area contributed by atoms with Crippen LogP contribution in [0.4, 0.5) is 0 Å². The Morgan fingerprint density at radius 2 is 1.85 bits per heavy atom. The number of benzene rings is 1. The zero-order valence-electron chi connectivity index (χ0n) is 15.1. The molecule has 0 spiro atoms. The van der Waals surface area contributed by atoms with Gasteiger partial charge < -0.3 is 9.32 Å². The lowest BCUT2D eigenvalue weighted by Gasteiger charge is -2.29. The standard InChI is InChI=1S/C19H24N2O4S/c1-15-9-11-21(12-10-15)26(23,24)18-7-5-16(6-8-18)19(22)20(2)14-17-4-3-13-25-17/h3-8,13,15H,9-12,14H2,1-2H3. The van der Waals surface area contributed by atoms with Gasteiger partial charge in [-0.2, -0.15) is 4.31 Å². The van der Waals surface area contributed by atoms with Gasteiger partial charge in [0.15, 0.2) is 0 Å². The number of carbonyl (C=O) groups excluding carboxylic acids is 1. The number of carbonyl (C=O) groups is 1. The molecule has 1 aromatic heterocycles. The third kappa shape index (κ3) is 3.99. The summed E-state index contributed by atoms with van der Waals surface area (Å²) < 4.78 is 32.3. The normalized spacial score (nSPS) is 16.5. The maximum atomic E-state index is 12.7. The minimum Gasteiger partial charge on any atom is -0.467 e. The van der Waals surface area contributed by atoms with Crippen molar-refractivity contribution in [1.82, 2.24) is 9.21 Å². The molecular formula is C19H24N2O4S. The highest BCUT2D eigenvalue weighted by Gasteiger charge is 2.28. The Labute approximate surface area is 154 Å². The number of hydrogen-bond donors (Lipinski definition) is 0. The maximum absolute atomic E-state index is 12.7. The number of furan rings is 1. The Morgan fingerprint density at radius 3 is 2.42 bits per heavy atom. The predicted octanol–water partition coefficient (Wildman–Crippen LogP) is 2.97. The molecule has 3 rings (SSSR count). The minimum atomic E-state index is -3.50. The second kappa shape index (κ2) is 7.63. The summed E-state index contributed by atoms with van der Waals surface area (Å²) in [6.07, 6.45) is 3.33. The first kappa shape index (κ1) is 18.7. The van der Waals surface area contributed by atoms with Crippen LogP contribution in [0.5, 0.6) is 0 Å². The van der Waals surface area contributed by atoms with E-state index >= 15 is 0 Å². The topological polar surface area (TPSA) is 70.8 Å². The van der Waals surface area contributed by atoms with Crippen molar-refractivity contribution >= 4 is 15.9 Å². The Balaban J connectivity index is 1.70. The summed E-state index contributed by atoms with van der Waals surface area (Å²) in [5.41, 5.74) is 0.449. The average molecular weight is 376 g/mol. The molecule has 0 N–H and O–H groups in total. The quantitative estimate of drug-likeness (QED) is 0.804. The Hall–Kier alpha value is -2.12. The van der Waals surface area contributed by atoms with Crippen LogP contribution in [-0.4, -0.2) is 43.7 Å². The first-order chi connectivity index (χ1) is 12.4. The van der Waals surface area contributed by atoms with E-state index in [4.69, 9.17) is 4.42 Å². The molecule has 1 fully saturated rings. The molecule has 0 atom stereocenters. The fraction of sp³-hybridized carbons (Fsp3) is 0.421. The van der Waals surface area contributed by atoms with E-state index in [1.165, 1.54) is 21.3 Å². The van der Waals surface area contributed by atoms with Crippen LogP contribution >= 0.6 is 0 Å². The Bertz CT molecular complexity index is 836. The van der Waals surface area contributed by atoms with E-state index in [1.807, 2.05) is 0 Å². The molecule has 1 amide bonds. The van der Waals surface area contributed by atoms with E-state index in [9.17, 15) is 13.2 Å². The summed E-state index contributed by atoms with van der Waals surface area (Å²) in [7, 11) is -1.81. The summed E-state index contributed by atoms with van der Waals surface area (Å²) in [4.78, 5) is 14.3. The summed E-state index contributed by atoms with van der Waals surface area (Å²) in [5.74, 6) is 1.07. The monoisotopic (exact) mass is 376 g/mol. The highest BCUT2D eigenvalue weighted by atomic mass is 32.2. The third-order valence-electron chi connectivity index (χ3n) is 4.80. The van der Waals surface area contributed by atoms with E-state index in [2.05, 4.69) is 6.92 Å². The number of nitrogens with zero attached hydrogens (tertiary/aromatic N) is 2. The van der Waals surface area contributed by atoms with Gasteiger partial charge in [-0.15, -0.1) is 0 Å². The molecule has 0 unspecified atom stereocenters. The van der Waals surface area contributed by atoms with Gasteiger partial charge in [0.2, 0.25) is 10.0 Å². The number of piperidine rings is 1. The lowest BCUT2D eigenvalue weighted by atomic mass is 10.0. The van der Waals surface area contributed by atoms with Crippen LogP contribution in [0.15, 0.2) is 52.0 Å². The van der Waals surface area contributed by atoms with Crippen molar-refractivity contribution in [3.63, 3.8) is 0 Å². The van der Waals surface area contributed by atoms with Crippen molar-refractivity contribution in [2.45, 2.75) is 31.2 Å². The van der Waals surface area contributed by atoms with Crippen LogP contribution in [0.25, 0.3) is 0 Å². The smallest absolute Gasteiger partial charge is 0.254 e. The van der Waals surface area contributed by atoms with Crippen LogP contribution in [0.3, 0.4) is 0 Å². The largest absolute Gasteiger partial charge is 0.467 e. The summed E-state index contributed by atoms with van der Waals surface area (Å²) in [6.45, 7) is 3.60. The van der Waals surface area contributed by atoms with Crippen molar-refractivity contribution in [3.8, 4) is 0 Å². The summed E-state index contributed by atoms with van der Waals surface area (Å²) in [5, 5.41) is 0. The summed E-state index contributed by atoms with van der Waals surface area (Å²) in [6, 6.07) is 9.75. The molecule has 140 valence electrons. The molecule has 26 heavy (non-hydrogen) atoms. The molecule has 1 aromatic carbocycles. The van der Waals surface area contributed by atoms with Gasteiger partial charge in [-0.25, -0.2) is 8.42 Å². The highest BCUT2D eigenvalue weighted by Crippen LogP contribution is 2.23. The van der Waals surface area contributed by atoms with Crippen molar-refractivity contribution in [1.29, 1.82) is 0 Å².